The molecule has 1 unspecified atom stereocenters. The van der Waals surface area contributed by atoms with Crippen molar-refractivity contribution in [3.05, 3.63) is 29.3 Å². The van der Waals surface area contributed by atoms with Gasteiger partial charge in [-0.25, -0.2) is 8.42 Å². The molecule has 0 aliphatic carbocycles. The summed E-state index contributed by atoms with van der Waals surface area (Å²) in [6.07, 6.45) is 1.35. The lowest BCUT2D eigenvalue weighted by atomic mass is 10.0. The van der Waals surface area contributed by atoms with Crippen LogP contribution in [0.5, 0.6) is 0 Å². The number of hydrogen-bond donors (Lipinski definition) is 0. The van der Waals surface area contributed by atoms with Crippen LogP contribution in [0.2, 0.25) is 0 Å². The second-order valence-electron chi connectivity index (χ2n) is 5.70. The zero-order valence-electron chi connectivity index (χ0n) is 13.3. The van der Waals surface area contributed by atoms with Crippen LogP contribution in [-0.2, 0) is 19.6 Å². The minimum atomic E-state index is -3.56. The fourth-order valence-electron chi connectivity index (χ4n) is 2.64. The molecule has 0 bridgehead atoms. The lowest BCUT2D eigenvalue weighted by molar-refractivity contribution is -0.149. The molecule has 0 N–H and O–H groups in total. The Balaban J connectivity index is 2.21. The van der Waals surface area contributed by atoms with Gasteiger partial charge in [-0.2, -0.15) is 4.31 Å². The summed E-state index contributed by atoms with van der Waals surface area (Å²) < 4.78 is 31.9. The molecule has 0 amide bonds. The number of carbonyl (C=O) groups excluding carboxylic acids is 1. The average Bonchev–Trinajstić information content (AvgIpc) is 2.50. The number of sulfonamides is 1. The third kappa shape index (κ3) is 3.50. The molecule has 22 heavy (non-hydrogen) atoms. The summed E-state index contributed by atoms with van der Waals surface area (Å²) in [5.74, 6) is -0.669. The van der Waals surface area contributed by atoms with Gasteiger partial charge in [0.05, 0.1) is 17.4 Å². The highest BCUT2D eigenvalue weighted by Crippen LogP contribution is 2.25. The summed E-state index contributed by atoms with van der Waals surface area (Å²) in [6, 6.07) is 5.14. The van der Waals surface area contributed by atoms with Crippen LogP contribution < -0.4 is 0 Å². The predicted molar refractivity (Wildman–Crippen MR) is 84.0 cm³/mol. The first-order valence-electron chi connectivity index (χ1n) is 7.60. The zero-order valence-corrected chi connectivity index (χ0v) is 14.1. The van der Waals surface area contributed by atoms with Crippen LogP contribution in [0.25, 0.3) is 0 Å². The summed E-state index contributed by atoms with van der Waals surface area (Å²) in [4.78, 5) is 12.2. The molecule has 0 saturated carbocycles. The van der Waals surface area contributed by atoms with E-state index in [1.54, 1.807) is 19.1 Å². The lowest BCUT2D eigenvalue weighted by Gasteiger charge is -2.30. The quantitative estimate of drug-likeness (QED) is 0.797. The standard InChI is InChI=1S/C16H23NO4S/c1-4-21-16(18)14-6-5-9-17(11-14)22(19,20)15-8-7-12(2)13(3)10-15/h7-8,10,14H,4-6,9,11H2,1-3H3. The van der Waals surface area contributed by atoms with Gasteiger partial charge < -0.3 is 4.74 Å². The Morgan fingerprint density at radius 3 is 2.68 bits per heavy atom. The van der Waals surface area contributed by atoms with E-state index in [4.69, 9.17) is 4.74 Å². The molecule has 0 radical (unpaired) electrons. The maximum Gasteiger partial charge on any atom is 0.310 e. The Labute approximate surface area is 132 Å². The molecule has 1 fully saturated rings. The summed E-state index contributed by atoms with van der Waals surface area (Å²) in [5.41, 5.74) is 2.00. The van der Waals surface area contributed by atoms with E-state index in [1.165, 1.54) is 4.31 Å². The Morgan fingerprint density at radius 2 is 2.05 bits per heavy atom. The highest BCUT2D eigenvalue weighted by Gasteiger charge is 2.34. The largest absolute Gasteiger partial charge is 0.466 e. The van der Waals surface area contributed by atoms with E-state index in [0.29, 0.717) is 30.9 Å². The second-order valence-corrected chi connectivity index (χ2v) is 7.64. The van der Waals surface area contributed by atoms with E-state index >= 15 is 0 Å². The monoisotopic (exact) mass is 325 g/mol. The van der Waals surface area contributed by atoms with Crippen molar-refractivity contribution in [1.29, 1.82) is 0 Å². The van der Waals surface area contributed by atoms with Crippen molar-refractivity contribution in [3.63, 3.8) is 0 Å². The highest BCUT2D eigenvalue weighted by atomic mass is 32.2. The van der Waals surface area contributed by atoms with E-state index in [0.717, 1.165) is 11.1 Å². The molecule has 1 atom stereocenters. The molecule has 0 aromatic heterocycles. The molecular formula is C16H23NO4S. The van der Waals surface area contributed by atoms with Crippen LogP contribution in [-0.4, -0.2) is 38.4 Å². The third-order valence-corrected chi connectivity index (χ3v) is 5.98. The van der Waals surface area contributed by atoms with Gasteiger partial charge in [-0.15, -0.1) is 0 Å². The average molecular weight is 325 g/mol. The minimum Gasteiger partial charge on any atom is -0.466 e. The van der Waals surface area contributed by atoms with Crippen molar-refractivity contribution in [1.82, 2.24) is 4.31 Å². The lowest BCUT2D eigenvalue weighted by Crippen LogP contribution is -2.42. The highest BCUT2D eigenvalue weighted by molar-refractivity contribution is 7.89. The maximum absolute atomic E-state index is 12.8. The SMILES string of the molecule is CCOC(=O)C1CCCN(S(=O)(=O)c2ccc(C)c(C)c2)C1. The predicted octanol–water partition coefficient (Wildman–Crippen LogP) is 2.27. The summed E-state index contributed by atoms with van der Waals surface area (Å²) in [6.45, 7) is 6.57. The molecule has 1 heterocycles. The van der Waals surface area contributed by atoms with Crippen LogP contribution in [0.3, 0.4) is 0 Å². The van der Waals surface area contributed by atoms with Crippen molar-refractivity contribution >= 4 is 16.0 Å². The molecule has 6 heteroatoms. The molecule has 2 rings (SSSR count). The maximum atomic E-state index is 12.8. The van der Waals surface area contributed by atoms with Crippen LogP contribution in [0.15, 0.2) is 23.1 Å². The molecular weight excluding hydrogens is 302 g/mol. The second kappa shape index (κ2) is 6.79. The van der Waals surface area contributed by atoms with Crippen LogP contribution >= 0.6 is 0 Å². The van der Waals surface area contributed by atoms with Crippen molar-refractivity contribution in [3.8, 4) is 0 Å². The number of ether oxygens (including phenoxy) is 1. The molecule has 5 nitrogen and oxygen atoms in total. The number of aryl methyl sites for hydroxylation is 2. The van der Waals surface area contributed by atoms with E-state index in [2.05, 4.69) is 0 Å². The smallest absolute Gasteiger partial charge is 0.310 e. The van der Waals surface area contributed by atoms with Gasteiger partial charge in [0.25, 0.3) is 0 Å². The van der Waals surface area contributed by atoms with E-state index < -0.39 is 10.0 Å². The fraction of sp³-hybridized carbons (Fsp3) is 0.562. The van der Waals surface area contributed by atoms with E-state index in [1.807, 2.05) is 19.9 Å². The van der Waals surface area contributed by atoms with E-state index in [-0.39, 0.29) is 18.4 Å². The fourth-order valence-corrected chi connectivity index (χ4v) is 4.25. The molecule has 1 aromatic rings. The molecule has 0 spiro atoms. The van der Waals surface area contributed by atoms with Gasteiger partial charge in [-0.3, -0.25) is 4.79 Å². The Hall–Kier alpha value is -1.40. The van der Waals surface area contributed by atoms with Gasteiger partial charge in [0.1, 0.15) is 0 Å². The number of rotatable bonds is 4. The van der Waals surface area contributed by atoms with Crippen LogP contribution in [0.1, 0.15) is 30.9 Å². The number of carbonyl (C=O) groups is 1. The molecule has 122 valence electrons. The van der Waals surface area contributed by atoms with Crippen molar-refractivity contribution in [2.24, 2.45) is 5.92 Å². The van der Waals surface area contributed by atoms with Gasteiger partial charge >= 0.3 is 5.97 Å². The number of piperidine rings is 1. The normalized spacial score (nSPS) is 19.9. The first-order valence-corrected chi connectivity index (χ1v) is 9.04. The Kier molecular flexibility index (Phi) is 5.24. The van der Waals surface area contributed by atoms with Gasteiger partial charge in [0, 0.05) is 13.1 Å². The molecule has 1 aliphatic heterocycles. The summed E-state index contributed by atoms with van der Waals surface area (Å²) in [7, 11) is -3.56. The summed E-state index contributed by atoms with van der Waals surface area (Å²) >= 11 is 0. The first kappa shape index (κ1) is 17.0. The van der Waals surface area contributed by atoms with Crippen LogP contribution in [0.4, 0.5) is 0 Å². The zero-order chi connectivity index (χ0) is 16.3. The molecule has 1 aromatic carbocycles. The van der Waals surface area contributed by atoms with Gasteiger partial charge in [-0.05, 0) is 56.9 Å². The number of nitrogens with zero attached hydrogens (tertiary/aromatic N) is 1. The van der Waals surface area contributed by atoms with Gasteiger partial charge in [0.15, 0.2) is 0 Å². The van der Waals surface area contributed by atoms with Crippen molar-refractivity contribution < 1.29 is 17.9 Å². The minimum absolute atomic E-state index is 0.202. The van der Waals surface area contributed by atoms with Crippen molar-refractivity contribution in [2.75, 3.05) is 19.7 Å². The Bertz CT molecular complexity index is 654. The van der Waals surface area contributed by atoms with Crippen LogP contribution in [0, 0.1) is 19.8 Å². The topological polar surface area (TPSA) is 63.7 Å². The molecule has 1 aliphatic rings. The number of benzene rings is 1. The molecule has 1 saturated heterocycles. The van der Waals surface area contributed by atoms with Gasteiger partial charge in [0.2, 0.25) is 10.0 Å². The third-order valence-electron chi connectivity index (χ3n) is 4.12. The van der Waals surface area contributed by atoms with Crippen molar-refractivity contribution in [2.45, 2.75) is 38.5 Å². The summed E-state index contributed by atoms with van der Waals surface area (Å²) in [5, 5.41) is 0. The van der Waals surface area contributed by atoms with E-state index in [9.17, 15) is 13.2 Å². The van der Waals surface area contributed by atoms with Gasteiger partial charge in [-0.1, -0.05) is 6.07 Å². The first-order chi connectivity index (χ1) is 10.4. The number of esters is 1. The Morgan fingerprint density at radius 1 is 1.32 bits per heavy atom. The number of hydrogen-bond acceptors (Lipinski definition) is 4.